The van der Waals surface area contributed by atoms with Gasteiger partial charge in [-0.05, 0) is 26.1 Å². The second-order valence-corrected chi connectivity index (χ2v) is 5.26. The summed E-state index contributed by atoms with van der Waals surface area (Å²) in [6.45, 7) is 8.02. The molecule has 0 aromatic carbocycles. The summed E-state index contributed by atoms with van der Waals surface area (Å²) >= 11 is 0. The molecular weight excluding hydrogens is 200 g/mol. The van der Waals surface area contributed by atoms with Gasteiger partial charge in [0.15, 0.2) is 0 Å². The van der Waals surface area contributed by atoms with E-state index in [2.05, 4.69) is 30.8 Å². The number of nitrogens with zero attached hydrogens (tertiary/aromatic N) is 2. The number of aliphatic hydroxyl groups is 1. The molecule has 0 fully saturated rings. The summed E-state index contributed by atoms with van der Waals surface area (Å²) in [5.74, 6) is 0. The first-order valence-electron chi connectivity index (χ1n) is 5.65. The monoisotopic (exact) mass is 222 g/mol. The number of aliphatic hydroxyl groups excluding tert-OH is 1. The second kappa shape index (κ2) is 5.41. The van der Waals surface area contributed by atoms with E-state index >= 15 is 0 Å². The molecule has 0 amide bonds. The fraction of sp³-hybridized carbons (Fsp3) is 0.615. The average Bonchev–Trinajstić information content (AvgIpc) is 2.16. The first-order valence-corrected chi connectivity index (χ1v) is 5.65. The van der Waals surface area contributed by atoms with E-state index in [9.17, 15) is 5.11 Å². The van der Waals surface area contributed by atoms with Gasteiger partial charge in [0.2, 0.25) is 0 Å². The molecule has 0 bridgehead atoms. The van der Waals surface area contributed by atoms with E-state index in [4.69, 9.17) is 0 Å². The van der Waals surface area contributed by atoms with Gasteiger partial charge in [-0.15, -0.1) is 0 Å². The SMILES string of the molecule is Cc1cccc(CN(C)CC(C)(C)CO)n1. The van der Waals surface area contributed by atoms with Crippen molar-refractivity contribution < 1.29 is 5.11 Å². The quantitative estimate of drug-likeness (QED) is 0.826. The topological polar surface area (TPSA) is 36.4 Å². The molecule has 0 atom stereocenters. The molecule has 90 valence electrons. The van der Waals surface area contributed by atoms with Crippen LogP contribution in [-0.4, -0.2) is 35.2 Å². The zero-order valence-electron chi connectivity index (χ0n) is 10.7. The highest BCUT2D eigenvalue weighted by molar-refractivity contribution is 5.09. The van der Waals surface area contributed by atoms with Crippen LogP contribution in [-0.2, 0) is 6.54 Å². The van der Waals surface area contributed by atoms with Crippen molar-refractivity contribution >= 4 is 0 Å². The third kappa shape index (κ3) is 4.29. The first-order chi connectivity index (χ1) is 7.43. The highest BCUT2D eigenvalue weighted by atomic mass is 16.3. The predicted molar refractivity (Wildman–Crippen MR) is 66.2 cm³/mol. The van der Waals surface area contributed by atoms with E-state index in [-0.39, 0.29) is 12.0 Å². The van der Waals surface area contributed by atoms with Crippen molar-refractivity contribution in [1.82, 2.24) is 9.88 Å². The lowest BCUT2D eigenvalue weighted by molar-refractivity contribution is 0.112. The van der Waals surface area contributed by atoms with Gasteiger partial charge in [-0.3, -0.25) is 9.88 Å². The van der Waals surface area contributed by atoms with E-state index < -0.39 is 0 Å². The number of rotatable bonds is 5. The van der Waals surface area contributed by atoms with Crippen molar-refractivity contribution in [3.05, 3.63) is 29.6 Å². The van der Waals surface area contributed by atoms with Crippen molar-refractivity contribution in [2.24, 2.45) is 5.41 Å². The molecule has 3 nitrogen and oxygen atoms in total. The molecule has 1 N–H and O–H groups in total. The molecule has 1 aromatic heterocycles. The van der Waals surface area contributed by atoms with Gasteiger partial charge in [-0.1, -0.05) is 19.9 Å². The van der Waals surface area contributed by atoms with Crippen LogP contribution < -0.4 is 0 Å². The normalized spacial score (nSPS) is 12.1. The van der Waals surface area contributed by atoms with Gasteiger partial charge in [0.1, 0.15) is 0 Å². The lowest BCUT2D eigenvalue weighted by Gasteiger charge is -2.28. The van der Waals surface area contributed by atoms with Gasteiger partial charge in [-0.25, -0.2) is 0 Å². The Balaban J connectivity index is 2.55. The first kappa shape index (κ1) is 13.1. The Morgan fingerprint density at radius 2 is 2.06 bits per heavy atom. The third-order valence-corrected chi connectivity index (χ3v) is 2.50. The van der Waals surface area contributed by atoms with Crippen LogP contribution in [0.4, 0.5) is 0 Å². The van der Waals surface area contributed by atoms with Crippen molar-refractivity contribution in [1.29, 1.82) is 0 Å². The number of hydrogen-bond donors (Lipinski definition) is 1. The summed E-state index contributed by atoms with van der Waals surface area (Å²) < 4.78 is 0. The van der Waals surface area contributed by atoms with Gasteiger partial charge in [0.25, 0.3) is 0 Å². The fourth-order valence-electron chi connectivity index (χ4n) is 1.80. The Morgan fingerprint density at radius 1 is 1.38 bits per heavy atom. The number of hydrogen-bond acceptors (Lipinski definition) is 3. The number of aromatic nitrogens is 1. The summed E-state index contributed by atoms with van der Waals surface area (Å²) in [5.41, 5.74) is 2.07. The van der Waals surface area contributed by atoms with Gasteiger partial charge in [0.05, 0.1) is 5.69 Å². The standard InChI is InChI=1S/C13H22N2O/c1-11-6-5-7-12(14-11)8-15(4)9-13(2,3)10-16/h5-7,16H,8-10H2,1-4H3. The van der Waals surface area contributed by atoms with Gasteiger partial charge < -0.3 is 5.11 Å². The highest BCUT2D eigenvalue weighted by Crippen LogP contribution is 2.15. The molecule has 3 heteroatoms. The van der Waals surface area contributed by atoms with Crippen LogP contribution in [0.25, 0.3) is 0 Å². The Morgan fingerprint density at radius 3 is 2.62 bits per heavy atom. The zero-order valence-corrected chi connectivity index (χ0v) is 10.7. The van der Waals surface area contributed by atoms with E-state index in [0.29, 0.717) is 0 Å². The van der Waals surface area contributed by atoms with E-state index in [1.807, 2.05) is 25.1 Å². The molecular formula is C13H22N2O. The molecule has 0 radical (unpaired) electrons. The number of pyridine rings is 1. The number of aryl methyl sites for hydroxylation is 1. The molecule has 0 spiro atoms. The second-order valence-electron chi connectivity index (χ2n) is 5.26. The largest absolute Gasteiger partial charge is 0.396 e. The van der Waals surface area contributed by atoms with Gasteiger partial charge in [-0.2, -0.15) is 0 Å². The Bertz CT molecular complexity index is 336. The summed E-state index contributed by atoms with van der Waals surface area (Å²) in [6.07, 6.45) is 0. The summed E-state index contributed by atoms with van der Waals surface area (Å²) in [6, 6.07) is 6.07. The van der Waals surface area contributed by atoms with Gasteiger partial charge >= 0.3 is 0 Å². The maximum Gasteiger partial charge on any atom is 0.0547 e. The van der Waals surface area contributed by atoms with Crippen LogP contribution in [0.3, 0.4) is 0 Å². The van der Waals surface area contributed by atoms with Crippen LogP contribution in [0, 0.1) is 12.3 Å². The maximum atomic E-state index is 9.21. The molecule has 1 heterocycles. The van der Waals surface area contributed by atoms with Crippen LogP contribution in [0.15, 0.2) is 18.2 Å². The molecule has 0 aliphatic rings. The zero-order chi connectivity index (χ0) is 12.2. The molecule has 1 aromatic rings. The minimum atomic E-state index is -0.0570. The summed E-state index contributed by atoms with van der Waals surface area (Å²) in [7, 11) is 2.06. The third-order valence-electron chi connectivity index (χ3n) is 2.50. The van der Waals surface area contributed by atoms with Crippen LogP contribution >= 0.6 is 0 Å². The Labute approximate surface area is 98.1 Å². The lowest BCUT2D eigenvalue weighted by atomic mass is 9.94. The van der Waals surface area contributed by atoms with Crippen molar-refractivity contribution in [2.45, 2.75) is 27.3 Å². The molecule has 1 rings (SSSR count). The van der Waals surface area contributed by atoms with E-state index in [1.165, 1.54) is 0 Å². The fourth-order valence-corrected chi connectivity index (χ4v) is 1.80. The maximum absolute atomic E-state index is 9.21. The minimum absolute atomic E-state index is 0.0570. The van der Waals surface area contributed by atoms with Crippen LogP contribution in [0.1, 0.15) is 25.2 Å². The predicted octanol–water partition coefficient (Wildman–Crippen LogP) is 1.84. The van der Waals surface area contributed by atoms with Crippen molar-refractivity contribution in [3.63, 3.8) is 0 Å². The van der Waals surface area contributed by atoms with E-state index in [0.717, 1.165) is 24.5 Å². The smallest absolute Gasteiger partial charge is 0.0547 e. The molecule has 0 saturated carbocycles. The average molecular weight is 222 g/mol. The molecule has 16 heavy (non-hydrogen) atoms. The van der Waals surface area contributed by atoms with Gasteiger partial charge in [0, 0.05) is 30.8 Å². The van der Waals surface area contributed by atoms with Crippen LogP contribution in [0.5, 0.6) is 0 Å². The Hall–Kier alpha value is -0.930. The molecule has 0 unspecified atom stereocenters. The minimum Gasteiger partial charge on any atom is -0.396 e. The summed E-state index contributed by atoms with van der Waals surface area (Å²) in [4.78, 5) is 6.66. The molecule has 0 saturated heterocycles. The molecule has 0 aliphatic carbocycles. The van der Waals surface area contributed by atoms with Crippen molar-refractivity contribution in [3.8, 4) is 0 Å². The van der Waals surface area contributed by atoms with Crippen LogP contribution in [0.2, 0.25) is 0 Å². The molecule has 0 aliphatic heterocycles. The highest BCUT2D eigenvalue weighted by Gasteiger charge is 2.18. The Kier molecular flexibility index (Phi) is 4.44. The lowest BCUT2D eigenvalue weighted by Crippen LogP contribution is -2.33. The summed E-state index contributed by atoms with van der Waals surface area (Å²) in [5, 5.41) is 9.21. The van der Waals surface area contributed by atoms with Crippen molar-refractivity contribution in [2.75, 3.05) is 20.2 Å². The van der Waals surface area contributed by atoms with E-state index in [1.54, 1.807) is 0 Å².